The van der Waals surface area contributed by atoms with Crippen LogP contribution in [-0.2, 0) is 0 Å². The van der Waals surface area contributed by atoms with Crippen molar-refractivity contribution in [3.63, 3.8) is 0 Å². The van der Waals surface area contributed by atoms with Crippen LogP contribution in [0, 0.1) is 5.82 Å². The number of carbonyl (C=O) groups is 2. The van der Waals surface area contributed by atoms with Gasteiger partial charge in [0.2, 0.25) is 0 Å². The highest BCUT2D eigenvalue weighted by molar-refractivity contribution is 8.16. The molecule has 0 N–H and O–H groups in total. The summed E-state index contributed by atoms with van der Waals surface area (Å²) >= 11 is 3.87. The molecule has 1 saturated heterocycles. The zero-order valence-electron chi connectivity index (χ0n) is 16.0. The van der Waals surface area contributed by atoms with Gasteiger partial charge in [-0.05, 0) is 84.2 Å². The quantitative estimate of drug-likeness (QED) is 0.272. The molecule has 152 valence electrons. The van der Waals surface area contributed by atoms with Crippen LogP contribution in [0.5, 0.6) is 5.75 Å². The van der Waals surface area contributed by atoms with E-state index < -0.39 is 11.8 Å². The van der Waals surface area contributed by atoms with Crippen LogP contribution in [0.25, 0.3) is 0 Å². The number of halogens is 1. The Hall–Kier alpha value is -2.57. The lowest BCUT2D eigenvalue weighted by Gasteiger charge is -2.21. The van der Waals surface area contributed by atoms with E-state index >= 15 is 0 Å². The van der Waals surface area contributed by atoms with E-state index in [2.05, 4.69) is 0 Å². The highest BCUT2D eigenvalue weighted by Gasteiger charge is 2.17. The molecule has 0 amide bonds. The SMILES string of the molecule is O=C(Oc1ccc(C(=O)c2ccc(F)cc2)cc1)c1ccc(C2SCCCS2)cc1. The number of rotatable bonds is 5. The lowest BCUT2D eigenvalue weighted by molar-refractivity contribution is 0.0734. The van der Waals surface area contributed by atoms with Gasteiger partial charge in [0.1, 0.15) is 11.6 Å². The van der Waals surface area contributed by atoms with Crippen molar-refractivity contribution < 1.29 is 18.7 Å². The molecule has 1 fully saturated rings. The lowest BCUT2D eigenvalue weighted by atomic mass is 10.0. The summed E-state index contributed by atoms with van der Waals surface area (Å²) in [4.78, 5) is 24.9. The first-order valence-corrected chi connectivity index (χ1v) is 11.7. The third-order valence-electron chi connectivity index (χ3n) is 4.68. The molecule has 3 nitrogen and oxygen atoms in total. The second-order valence-corrected chi connectivity index (χ2v) is 9.52. The predicted octanol–water partition coefficient (Wildman–Crippen LogP) is 6.14. The van der Waals surface area contributed by atoms with E-state index in [9.17, 15) is 14.0 Å². The van der Waals surface area contributed by atoms with Gasteiger partial charge in [-0.1, -0.05) is 12.1 Å². The van der Waals surface area contributed by atoms with Gasteiger partial charge >= 0.3 is 5.97 Å². The Bertz CT molecular complexity index is 1030. The van der Waals surface area contributed by atoms with E-state index in [4.69, 9.17) is 4.74 Å². The summed E-state index contributed by atoms with van der Waals surface area (Å²) in [5.74, 6) is 1.64. The monoisotopic (exact) mass is 438 g/mol. The molecule has 0 spiro atoms. The molecule has 0 bridgehead atoms. The van der Waals surface area contributed by atoms with E-state index in [1.807, 2.05) is 35.7 Å². The zero-order valence-corrected chi connectivity index (χ0v) is 17.7. The first kappa shape index (κ1) is 20.7. The molecule has 1 aliphatic rings. The van der Waals surface area contributed by atoms with E-state index in [-0.39, 0.29) is 5.78 Å². The number of ketones is 1. The van der Waals surface area contributed by atoms with Crippen LogP contribution in [0.1, 0.15) is 42.8 Å². The summed E-state index contributed by atoms with van der Waals surface area (Å²) in [6.45, 7) is 0. The molecule has 0 radical (unpaired) electrons. The maximum absolute atomic E-state index is 13.0. The normalized spacial score (nSPS) is 14.3. The Morgan fingerprint density at radius 2 is 1.30 bits per heavy atom. The highest BCUT2D eigenvalue weighted by Crippen LogP contribution is 2.43. The average Bonchev–Trinajstić information content (AvgIpc) is 2.80. The number of esters is 1. The third kappa shape index (κ3) is 4.94. The average molecular weight is 439 g/mol. The van der Waals surface area contributed by atoms with Crippen molar-refractivity contribution in [1.82, 2.24) is 0 Å². The maximum atomic E-state index is 13.0. The van der Waals surface area contributed by atoms with Crippen molar-refractivity contribution >= 4 is 35.3 Å². The summed E-state index contributed by atoms with van der Waals surface area (Å²) in [7, 11) is 0. The number of hydrogen-bond donors (Lipinski definition) is 0. The molecule has 6 heteroatoms. The van der Waals surface area contributed by atoms with E-state index in [0.29, 0.717) is 27.0 Å². The van der Waals surface area contributed by atoms with E-state index in [1.165, 1.54) is 47.8 Å². The summed E-state index contributed by atoms with van der Waals surface area (Å²) < 4.78 is 18.9. The second kappa shape index (κ2) is 9.49. The van der Waals surface area contributed by atoms with Gasteiger partial charge in [0.25, 0.3) is 0 Å². The molecule has 0 unspecified atom stereocenters. The number of carbonyl (C=O) groups excluding carboxylic acids is 2. The summed E-state index contributed by atoms with van der Waals surface area (Å²) in [6.07, 6.45) is 1.24. The summed E-state index contributed by atoms with van der Waals surface area (Å²) in [5.41, 5.74) is 2.53. The third-order valence-corrected chi connectivity index (χ3v) is 7.69. The number of hydrogen-bond acceptors (Lipinski definition) is 5. The van der Waals surface area contributed by atoms with E-state index in [0.717, 1.165) is 0 Å². The first-order chi connectivity index (χ1) is 14.6. The number of benzene rings is 3. The predicted molar refractivity (Wildman–Crippen MR) is 120 cm³/mol. The molecule has 3 aromatic rings. The molecular weight excluding hydrogens is 419 g/mol. The van der Waals surface area contributed by atoms with Crippen molar-refractivity contribution in [3.05, 3.63) is 101 Å². The van der Waals surface area contributed by atoms with Crippen LogP contribution >= 0.6 is 23.5 Å². The molecule has 0 atom stereocenters. The minimum absolute atomic E-state index is 0.220. The van der Waals surface area contributed by atoms with Gasteiger partial charge in [-0.25, -0.2) is 9.18 Å². The second-order valence-electron chi connectivity index (χ2n) is 6.80. The molecular formula is C24H19FO3S2. The van der Waals surface area contributed by atoms with Gasteiger partial charge in [-0.15, -0.1) is 23.5 Å². The molecule has 0 aromatic heterocycles. The minimum atomic E-state index is -0.442. The van der Waals surface area contributed by atoms with Crippen molar-refractivity contribution in [2.75, 3.05) is 11.5 Å². The van der Waals surface area contributed by atoms with Gasteiger partial charge in [0.05, 0.1) is 10.1 Å². The van der Waals surface area contributed by atoms with Crippen LogP contribution < -0.4 is 4.74 Å². The Morgan fingerprint density at radius 3 is 1.90 bits per heavy atom. The smallest absolute Gasteiger partial charge is 0.343 e. The molecule has 1 heterocycles. The number of ether oxygens (including phenoxy) is 1. The highest BCUT2D eigenvalue weighted by atomic mass is 32.2. The molecule has 1 aliphatic heterocycles. The maximum Gasteiger partial charge on any atom is 0.343 e. The van der Waals surface area contributed by atoms with Crippen LogP contribution in [0.2, 0.25) is 0 Å². The van der Waals surface area contributed by atoms with Crippen molar-refractivity contribution in [2.24, 2.45) is 0 Å². The Balaban J connectivity index is 1.39. The van der Waals surface area contributed by atoms with Crippen LogP contribution in [0.15, 0.2) is 72.8 Å². The van der Waals surface area contributed by atoms with Crippen molar-refractivity contribution in [1.29, 1.82) is 0 Å². The fourth-order valence-corrected chi connectivity index (χ4v) is 5.96. The van der Waals surface area contributed by atoms with E-state index in [1.54, 1.807) is 36.4 Å². The molecule has 0 saturated carbocycles. The van der Waals surface area contributed by atoms with Crippen molar-refractivity contribution in [3.8, 4) is 5.75 Å². The summed E-state index contributed by atoms with van der Waals surface area (Å²) in [6, 6.07) is 19.3. The fourth-order valence-electron chi connectivity index (χ4n) is 3.06. The molecule has 3 aromatic carbocycles. The molecule has 30 heavy (non-hydrogen) atoms. The first-order valence-electron chi connectivity index (χ1n) is 9.56. The van der Waals surface area contributed by atoms with Crippen LogP contribution in [-0.4, -0.2) is 23.3 Å². The summed E-state index contributed by atoms with van der Waals surface area (Å²) in [5, 5.41) is 0. The fraction of sp³-hybridized carbons (Fsp3) is 0.167. The van der Waals surface area contributed by atoms with Crippen molar-refractivity contribution in [2.45, 2.75) is 11.0 Å². The zero-order chi connectivity index (χ0) is 20.9. The van der Waals surface area contributed by atoms with Gasteiger partial charge in [0.15, 0.2) is 5.78 Å². The number of thioether (sulfide) groups is 2. The van der Waals surface area contributed by atoms with Crippen LogP contribution in [0.4, 0.5) is 4.39 Å². The van der Waals surface area contributed by atoms with Gasteiger partial charge in [-0.3, -0.25) is 4.79 Å². The molecule has 0 aliphatic carbocycles. The largest absolute Gasteiger partial charge is 0.423 e. The minimum Gasteiger partial charge on any atom is -0.423 e. The van der Waals surface area contributed by atoms with Crippen LogP contribution in [0.3, 0.4) is 0 Å². The molecule has 4 rings (SSSR count). The van der Waals surface area contributed by atoms with Gasteiger partial charge in [-0.2, -0.15) is 0 Å². The van der Waals surface area contributed by atoms with Gasteiger partial charge in [0, 0.05) is 11.1 Å². The Labute approximate surface area is 183 Å². The topological polar surface area (TPSA) is 43.4 Å². The standard InChI is InChI=1S/C24H19FO3S2/c25-20-10-6-16(7-11-20)22(26)17-8-12-21(13-9-17)28-23(27)18-2-4-19(5-3-18)24-29-14-1-15-30-24/h2-13,24H,1,14-15H2. The lowest BCUT2D eigenvalue weighted by Crippen LogP contribution is -2.09. The Kier molecular flexibility index (Phi) is 6.55. The Morgan fingerprint density at radius 1 is 0.767 bits per heavy atom. The van der Waals surface area contributed by atoms with Gasteiger partial charge < -0.3 is 4.74 Å².